The average molecular weight is 302 g/mol. The summed E-state index contributed by atoms with van der Waals surface area (Å²) in [5.41, 5.74) is 0. The molecule has 0 spiro atoms. The zero-order valence-electron chi connectivity index (χ0n) is 10.7. The zero-order chi connectivity index (χ0) is 14.3. The Bertz CT molecular complexity index is 549. The molecule has 0 aromatic carbocycles. The van der Waals surface area contributed by atoms with Crippen LogP contribution in [-0.4, -0.2) is 27.5 Å². The largest absolute Gasteiger partial charge is 0.357 e. The Morgan fingerprint density at radius 3 is 2.79 bits per heavy atom. The van der Waals surface area contributed by atoms with E-state index in [4.69, 9.17) is 5.14 Å². The molecule has 0 radical (unpaired) electrons. The van der Waals surface area contributed by atoms with E-state index in [0.29, 0.717) is 19.0 Å². The molecule has 0 unspecified atom stereocenters. The Kier molecular flexibility index (Phi) is 6.00. The van der Waals surface area contributed by atoms with Crippen molar-refractivity contribution in [3.63, 3.8) is 0 Å². The second-order valence-electron chi connectivity index (χ2n) is 3.63. The van der Waals surface area contributed by atoms with E-state index < -0.39 is 10.0 Å². The molecule has 0 fully saturated rings. The molecule has 1 aromatic rings. The van der Waals surface area contributed by atoms with Crippen LogP contribution in [0, 0.1) is 0 Å². The zero-order valence-corrected chi connectivity index (χ0v) is 12.4. The van der Waals surface area contributed by atoms with Gasteiger partial charge in [0.2, 0.25) is 10.0 Å². The quantitative estimate of drug-likeness (QED) is 0.408. The van der Waals surface area contributed by atoms with E-state index in [1.165, 1.54) is 6.07 Å². The highest BCUT2D eigenvalue weighted by Crippen LogP contribution is 2.20. The molecular weight excluding hydrogens is 284 g/mol. The van der Waals surface area contributed by atoms with Gasteiger partial charge in [0, 0.05) is 18.0 Å². The van der Waals surface area contributed by atoms with Crippen LogP contribution >= 0.6 is 11.3 Å². The molecule has 1 aromatic heterocycles. The number of nitrogens with zero attached hydrogens (tertiary/aromatic N) is 1. The summed E-state index contributed by atoms with van der Waals surface area (Å²) in [5.74, 6) is 0.660. The number of aliphatic imine (C=N–C) groups is 1. The van der Waals surface area contributed by atoms with Crippen molar-refractivity contribution in [2.45, 2.75) is 17.7 Å². The van der Waals surface area contributed by atoms with Gasteiger partial charge in [0.1, 0.15) is 4.21 Å². The molecule has 8 heteroatoms. The summed E-state index contributed by atoms with van der Waals surface area (Å²) in [7, 11) is -3.62. The number of nitrogens with one attached hydrogen (secondary N) is 2. The fraction of sp³-hybridized carbons (Fsp3) is 0.364. The lowest BCUT2D eigenvalue weighted by atomic mass is 10.5. The summed E-state index contributed by atoms with van der Waals surface area (Å²) in [6.07, 6.45) is 1.73. The second kappa shape index (κ2) is 7.27. The van der Waals surface area contributed by atoms with E-state index in [1.54, 1.807) is 12.1 Å². The van der Waals surface area contributed by atoms with Gasteiger partial charge in [-0.3, -0.25) is 0 Å². The van der Waals surface area contributed by atoms with Crippen LogP contribution < -0.4 is 15.8 Å². The molecule has 1 heterocycles. The molecule has 0 aliphatic carbocycles. The Morgan fingerprint density at radius 2 is 2.26 bits per heavy atom. The van der Waals surface area contributed by atoms with Crippen molar-refractivity contribution < 1.29 is 8.42 Å². The summed E-state index contributed by atoms with van der Waals surface area (Å²) in [5, 5.41) is 11.2. The summed E-state index contributed by atoms with van der Waals surface area (Å²) in [6, 6.07) is 3.21. The molecule has 0 saturated heterocycles. The third-order valence-corrected chi connectivity index (χ3v) is 4.58. The van der Waals surface area contributed by atoms with Crippen LogP contribution in [0.5, 0.6) is 0 Å². The summed E-state index contributed by atoms with van der Waals surface area (Å²) >= 11 is 1.13. The standard InChI is InChI=1S/C11H18N4O2S2/c1-3-7-14-11(13-4-2)15-8-9-5-6-10(18-9)19(12,16)17/h3,5-6H,1,4,7-8H2,2H3,(H2,12,16,17)(H2,13,14,15). The number of nitrogens with two attached hydrogens (primary N) is 1. The fourth-order valence-corrected chi connectivity index (χ4v) is 2.97. The van der Waals surface area contributed by atoms with Crippen LogP contribution in [-0.2, 0) is 16.6 Å². The molecule has 0 amide bonds. The van der Waals surface area contributed by atoms with Gasteiger partial charge in [-0.1, -0.05) is 6.08 Å². The predicted molar refractivity (Wildman–Crippen MR) is 78.7 cm³/mol. The highest BCUT2D eigenvalue weighted by molar-refractivity contribution is 7.91. The van der Waals surface area contributed by atoms with E-state index >= 15 is 0 Å². The first-order valence-corrected chi connectivity index (χ1v) is 8.08. The minimum absolute atomic E-state index is 0.154. The SMILES string of the molecule is C=CCNC(=NCc1ccc(S(N)(=O)=O)s1)NCC. The summed E-state index contributed by atoms with van der Waals surface area (Å²) < 4.78 is 22.4. The average Bonchev–Trinajstić information content (AvgIpc) is 2.81. The van der Waals surface area contributed by atoms with Gasteiger partial charge < -0.3 is 10.6 Å². The molecule has 0 aliphatic rings. The van der Waals surface area contributed by atoms with Crippen molar-refractivity contribution in [1.82, 2.24) is 10.6 Å². The maximum absolute atomic E-state index is 11.1. The van der Waals surface area contributed by atoms with Gasteiger partial charge in [0.25, 0.3) is 0 Å². The first kappa shape index (κ1) is 15.7. The van der Waals surface area contributed by atoms with Crippen molar-refractivity contribution in [2.75, 3.05) is 13.1 Å². The lowest BCUT2D eigenvalue weighted by Crippen LogP contribution is -2.37. The number of primary sulfonamides is 1. The van der Waals surface area contributed by atoms with Crippen molar-refractivity contribution >= 4 is 27.3 Å². The van der Waals surface area contributed by atoms with E-state index in [0.717, 1.165) is 22.8 Å². The predicted octanol–water partition coefficient (Wildman–Crippen LogP) is 0.637. The van der Waals surface area contributed by atoms with E-state index in [-0.39, 0.29) is 4.21 Å². The topological polar surface area (TPSA) is 96.6 Å². The van der Waals surface area contributed by atoms with Crippen LogP contribution in [0.3, 0.4) is 0 Å². The first-order chi connectivity index (χ1) is 8.97. The van der Waals surface area contributed by atoms with E-state index in [9.17, 15) is 8.42 Å². The molecule has 0 saturated carbocycles. The van der Waals surface area contributed by atoms with Crippen molar-refractivity contribution in [3.05, 3.63) is 29.7 Å². The van der Waals surface area contributed by atoms with Gasteiger partial charge in [-0.05, 0) is 19.1 Å². The molecule has 6 nitrogen and oxygen atoms in total. The van der Waals surface area contributed by atoms with Crippen LogP contribution in [0.25, 0.3) is 0 Å². The fourth-order valence-electron chi connectivity index (χ4n) is 1.26. The van der Waals surface area contributed by atoms with Crippen molar-refractivity contribution in [2.24, 2.45) is 10.1 Å². The van der Waals surface area contributed by atoms with Crippen LogP contribution in [0.2, 0.25) is 0 Å². The van der Waals surface area contributed by atoms with Gasteiger partial charge in [-0.2, -0.15) is 0 Å². The number of hydrogen-bond acceptors (Lipinski definition) is 4. The Hall–Kier alpha value is -1.38. The lowest BCUT2D eigenvalue weighted by Gasteiger charge is -2.08. The number of sulfonamides is 1. The van der Waals surface area contributed by atoms with Gasteiger partial charge in [-0.25, -0.2) is 18.5 Å². The summed E-state index contributed by atoms with van der Waals surface area (Å²) in [4.78, 5) is 5.17. The number of thiophene rings is 1. The number of guanidine groups is 1. The van der Waals surface area contributed by atoms with Crippen LogP contribution in [0.1, 0.15) is 11.8 Å². The third-order valence-electron chi connectivity index (χ3n) is 2.07. The monoisotopic (exact) mass is 302 g/mol. The third kappa shape index (κ3) is 5.41. The smallest absolute Gasteiger partial charge is 0.247 e. The lowest BCUT2D eigenvalue weighted by molar-refractivity contribution is 0.600. The molecule has 1 rings (SSSR count). The highest BCUT2D eigenvalue weighted by atomic mass is 32.2. The normalized spacial score (nSPS) is 12.2. The molecule has 106 valence electrons. The molecule has 19 heavy (non-hydrogen) atoms. The van der Waals surface area contributed by atoms with E-state index in [1.807, 2.05) is 6.92 Å². The number of rotatable bonds is 6. The van der Waals surface area contributed by atoms with Crippen LogP contribution in [0.15, 0.2) is 34.0 Å². The minimum Gasteiger partial charge on any atom is -0.357 e. The van der Waals surface area contributed by atoms with E-state index in [2.05, 4.69) is 22.2 Å². The minimum atomic E-state index is -3.62. The Labute approximate surface area is 117 Å². The second-order valence-corrected chi connectivity index (χ2v) is 6.59. The Balaban J connectivity index is 2.71. The van der Waals surface area contributed by atoms with Gasteiger partial charge in [0.15, 0.2) is 5.96 Å². The van der Waals surface area contributed by atoms with Gasteiger partial charge in [-0.15, -0.1) is 17.9 Å². The molecule has 0 atom stereocenters. The van der Waals surface area contributed by atoms with Crippen LogP contribution in [0.4, 0.5) is 0 Å². The number of hydrogen-bond donors (Lipinski definition) is 3. The van der Waals surface area contributed by atoms with Gasteiger partial charge in [0.05, 0.1) is 6.54 Å². The maximum Gasteiger partial charge on any atom is 0.247 e. The first-order valence-electron chi connectivity index (χ1n) is 5.72. The molecule has 0 bridgehead atoms. The Morgan fingerprint density at radius 1 is 1.53 bits per heavy atom. The maximum atomic E-state index is 11.1. The highest BCUT2D eigenvalue weighted by Gasteiger charge is 2.10. The van der Waals surface area contributed by atoms with Crippen molar-refractivity contribution in [1.29, 1.82) is 0 Å². The summed E-state index contributed by atoms with van der Waals surface area (Å²) in [6.45, 7) is 7.34. The van der Waals surface area contributed by atoms with Crippen molar-refractivity contribution in [3.8, 4) is 0 Å². The van der Waals surface area contributed by atoms with Gasteiger partial charge >= 0.3 is 0 Å². The molecular formula is C11H18N4O2S2. The molecule has 4 N–H and O–H groups in total. The molecule has 0 aliphatic heterocycles.